The zero-order valence-corrected chi connectivity index (χ0v) is 14.0. The lowest BCUT2D eigenvalue weighted by atomic mass is 9.88. The molecule has 2 nitrogen and oxygen atoms in total. The summed E-state index contributed by atoms with van der Waals surface area (Å²) in [5, 5.41) is 3.59. The van der Waals surface area contributed by atoms with Gasteiger partial charge >= 0.3 is 0 Å². The minimum atomic E-state index is 0.267. The Balaban J connectivity index is 2.04. The van der Waals surface area contributed by atoms with Gasteiger partial charge in [0.1, 0.15) is 0 Å². The first-order chi connectivity index (χ1) is 8.87. The largest absolute Gasteiger partial charge is 0.312 e. The van der Waals surface area contributed by atoms with Crippen molar-refractivity contribution < 1.29 is 0 Å². The molecule has 0 aromatic heterocycles. The normalized spacial score (nSPS) is 22.7. The number of aryl methyl sites for hydroxylation is 1. The Bertz CT molecular complexity index is 442. The summed E-state index contributed by atoms with van der Waals surface area (Å²) in [6, 6.07) is 7.24. The molecule has 1 N–H and O–H groups in total. The van der Waals surface area contributed by atoms with E-state index in [9.17, 15) is 0 Å². The van der Waals surface area contributed by atoms with Gasteiger partial charge in [0.15, 0.2) is 0 Å². The van der Waals surface area contributed by atoms with E-state index in [1.807, 2.05) is 0 Å². The zero-order chi connectivity index (χ0) is 14.0. The number of hydrogen-bond donors (Lipinski definition) is 1. The van der Waals surface area contributed by atoms with E-state index in [0.717, 1.165) is 13.1 Å². The second-order valence-electron chi connectivity index (χ2n) is 6.44. The van der Waals surface area contributed by atoms with Crippen LogP contribution in [-0.2, 0) is 6.54 Å². The van der Waals surface area contributed by atoms with E-state index in [4.69, 9.17) is 0 Å². The third kappa shape index (κ3) is 4.04. The molecule has 1 heterocycles. The quantitative estimate of drug-likeness (QED) is 0.911. The number of benzene rings is 1. The van der Waals surface area contributed by atoms with Crippen LogP contribution in [0.5, 0.6) is 0 Å². The van der Waals surface area contributed by atoms with Gasteiger partial charge in [0, 0.05) is 22.6 Å². The van der Waals surface area contributed by atoms with E-state index in [-0.39, 0.29) is 5.54 Å². The van der Waals surface area contributed by atoms with Gasteiger partial charge in [-0.25, -0.2) is 0 Å². The van der Waals surface area contributed by atoms with Gasteiger partial charge in [0.2, 0.25) is 0 Å². The predicted octanol–water partition coefficient (Wildman–Crippen LogP) is 3.72. The van der Waals surface area contributed by atoms with Crippen LogP contribution in [0.2, 0.25) is 0 Å². The third-order valence-corrected chi connectivity index (χ3v) is 4.67. The first kappa shape index (κ1) is 15.0. The average Bonchev–Trinajstić information content (AvgIpc) is 2.32. The van der Waals surface area contributed by atoms with E-state index < -0.39 is 0 Å². The molecule has 0 bridgehead atoms. The van der Waals surface area contributed by atoms with E-state index in [1.54, 1.807) is 0 Å². The van der Waals surface area contributed by atoms with E-state index in [0.29, 0.717) is 6.04 Å². The molecule has 0 saturated carbocycles. The zero-order valence-electron chi connectivity index (χ0n) is 12.5. The number of piperidine rings is 1. The maximum Gasteiger partial charge on any atom is 0.0236 e. The van der Waals surface area contributed by atoms with E-state index in [2.05, 4.69) is 72.2 Å². The Kier molecular flexibility index (Phi) is 4.70. The molecule has 1 aliphatic heterocycles. The fourth-order valence-electron chi connectivity index (χ4n) is 2.92. The van der Waals surface area contributed by atoms with Gasteiger partial charge in [-0.2, -0.15) is 0 Å². The molecule has 1 aliphatic rings. The summed E-state index contributed by atoms with van der Waals surface area (Å²) in [6.07, 6.45) is 2.46. The predicted molar refractivity (Wildman–Crippen MR) is 85.4 cm³/mol. The van der Waals surface area contributed by atoms with Crippen LogP contribution in [-0.4, -0.2) is 30.1 Å². The Hall–Kier alpha value is -0.380. The first-order valence-electron chi connectivity index (χ1n) is 7.08. The molecule has 1 aromatic carbocycles. The van der Waals surface area contributed by atoms with Crippen LogP contribution >= 0.6 is 15.9 Å². The van der Waals surface area contributed by atoms with Crippen LogP contribution in [0.25, 0.3) is 0 Å². The molecule has 3 heteroatoms. The average molecular weight is 325 g/mol. The second kappa shape index (κ2) is 5.94. The minimum Gasteiger partial charge on any atom is -0.312 e. The highest BCUT2D eigenvalue weighted by Crippen LogP contribution is 2.24. The number of halogens is 1. The maximum atomic E-state index is 3.59. The molecule has 0 spiro atoms. The van der Waals surface area contributed by atoms with Crippen LogP contribution in [0.15, 0.2) is 22.7 Å². The first-order valence-corrected chi connectivity index (χ1v) is 7.87. The third-order valence-electron chi connectivity index (χ3n) is 4.18. The van der Waals surface area contributed by atoms with Crippen LogP contribution in [0.3, 0.4) is 0 Å². The number of hydrogen-bond acceptors (Lipinski definition) is 2. The molecular formula is C16H25BrN2. The minimum absolute atomic E-state index is 0.267. The highest BCUT2D eigenvalue weighted by Gasteiger charge is 2.29. The molecule has 0 radical (unpaired) electrons. The van der Waals surface area contributed by atoms with Crippen molar-refractivity contribution in [3.8, 4) is 0 Å². The second-order valence-corrected chi connectivity index (χ2v) is 7.36. The Morgan fingerprint density at radius 3 is 2.84 bits per heavy atom. The molecule has 106 valence electrons. The van der Waals surface area contributed by atoms with Gasteiger partial charge in [0.25, 0.3) is 0 Å². The molecule has 2 rings (SSSR count). The molecule has 1 unspecified atom stereocenters. The summed E-state index contributed by atoms with van der Waals surface area (Å²) in [5.74, 6) is 0. The summed E-state index contributed by atoms with van der Waals surface area (Å²) in [4.78, 5) is 2.51. The van der Waals surface area contributed by atoms with Crippen molar-refractivity contribution in [2.45, 2.75) is 51.7 Å². The molecular weight excluding hydrogens is 300 g/mol. The molecule has 1 aromatic rings. The summed E-state index contributed by atoms with van der Waals surface area (Å²) in [5.41, 5.74) is 3.07. The van der Waals surface area contributed by atoms with Gasteiger partial charge < -0.3 is 5.32 Å². The van der Waals surface area contributed by atoms with Crippen molar-refractivity contribution in [1.29, 1.82) is 0 Å². The number of rotatable bonds is 3. The standard InChI is InChI=1S/C16H25BrN2/c1-12-5-6-14(17)9-13(12)11-19(4)15-7-8-18-16(2,3)10-15/h5-6,9,15,18H,7-8,10-11H2,1-4H3. The SMILES string of the molecule is Cc1ccc(Br)cc1CN(C)C1CCNC(C)(C)C1. The van der Waals surface area contributed by atoms with Crippen molar-refractivity contribution in [3.63, 3.8) is 0 Å². The fraction of sp³-hybridized carbons (Fsp3) is 0.625. The van der Waals surface area contributed by atoms with E-state index in [1.165, 1.54) is 28.4 Å². The summed E-state index contributed by atoms with van der Waals surface area (Å²) < 4.78 is 1.17. The fourth-order valence-corrected chi connectivity index (χ4v) is 3.33. The van der Waals surface area contributed by atoms with Gasteiger partial charge in [-0.1, -0.05) is 22.0 Å². The molecule has 0 aliphatic carbocycles. The Morgan fingerprint density at radius 2 is 2.16 bits per heavy atom. The molecule has 1 saturated heterocycles. The summed E-state index contributed by atoms with van der Waals surface area (Å²) >= 11 is 3.57. The summed E-state index contributed by atoms with van der Waals surface area (Å²) in [6.45, 7) is 8.96. The smallest absolute Gasteiger partial charge is 0.0236 e. The topological polar surface area (TPSA) is 15.3 Å². The van der Waals surface area contributed by atoms with Crippen LogP contribution in [0, 0.1) is 6.92 Å². The lowest BCUT2D eigenvalue weighted by Crippen LogP contribution is -2.52. The van der Waals surface area contributed by atoms with Crippen molar-refractivity contribution >= 4 is 15.9 Å². The van der Waals surface area contributed by atoms with Crippen molar-refractivity contribution in [3.05, 3.63) is 33.8 Å². The highest BCUT2D eigenvalue weighted by molar-refractivity contribution is 9.10. The molecule has 1 atom stereocenters. The molecule has 0 amide bonds. The van der Waals surface area contributed by atoms with Crippen molar-refractivity contribution in [2.24, 2.45) is 0 Å². The van der Waals surface area contributed by atoms with Crippen LogP contribution < -0.4 is 5.32 Å². The van der Waals surface area contributed by atoms with Gasteiger partial charge in [0.05, 0.1) is 0 Å². The maximum absolute atomic E-state index is 3.59. The summed E-state index contributed by atoms with van der Waals surface area (Å²) in [7, 11) is 2.26. The Morgan fingerprint density at radius 1 is 1.42 bits per heavy atom. The molecule has 1 fully saturated rings. The Labute approximate surface area is 125 Å². The van der Waals surface area contributed by atoms with Crippen molar-refractivity contribution in [1.82, 2.24) is 10.2 Å². The van der Waals surface area contributed by atoms with Crippen LogP contribution in [0.4, 0.5) is 0 Å². The van der Waals surface area contributed by atoms with Gasteiger partial charge in [-0.05, 0) is 70.5 Å². The number of nitrogens with zero attached hydrogens (tertiary/aromatic N) is 1. The highest BCUT2D eigenvalue weighted by atomic mass is 79.9. The lowest BCUT2D eigenvalue weighted by molar-refractivity contribution is 0.138. The van der Waals surface area contributed by atoms with Crippen molar-refractivity contribution in [2.75, 3.05) is 13.6 Å². The van der Waals surface area contributed by atoms with Crippen LogP contribution in [0.1, 0.15) is 37.8 Å². The van der Waals surface area contributed by atoms with Gasteiger partial charge in [-0.15, -0.1) is 0 Å². The van der Waals surface area contributed by atoms with E-state index >= 15 is 0 Å². The number of nitrogens with one attached hydrogen (secondary N) is 1. The molecule has 19 heavy (non-hydrogen) atoms. The van der Waals surface area contributed by atoms with Gasteiger partial charge in [-0.3, -0.25) is 4.90 Å². The monoisotopic (exact) mass is 324 g/mol. The lowest BCUT2D eigenvalue weighted by Gasteiger charge is -2.40.